The zero-order valence-electron chi connectivity index (χ0n) is 29.0. The van der Waals surface area contributed by atoms with E-state index in [9.17, 15) is 39.0 Å². The molecule has 1 aliphatic heterocycles. The van der Waals surface area contributed by atoms with Crippen molar-refractivity contribution in [1.29, 1.82) is 0 Å². The van der Waals surface area contributed by atoms with Gasteiger partial charge in [-0.25, -0.2) is 4.79 Å². The number of esters is 5. The molecule has 0 amide bonds. The molecule has 0 spiro atoms. The Morgan fingerprint density at radius 3 is 2.08 bits per heavy atom. The van der Waals surface area contributed by atoms with Gasteiger partial charge in [0.1, 0.15) is 18.3 Å². The van der Waals surface area contributed by atoms with Crippen LogP contribution < -0.4 is 0 Å². The Labute approximate surface area is 289 Å². The topological polar surface area (TPSA) is 198 Å². The van der Waals surface area contributed by atoms with Gasteiger partial charge in [0.15, 0.2) is 23.6 Å². The van der Waals surface area contributed by atoms with Crippen LogP contribution in [0.1, 0.15) is 64.7 Å². The van der Waals surface area contributed by atoms with E-state index in [0.717, 1.165) is 27.7 Å². The minimum absolute atomic E-state index is 0.0681. The molecule has 2 N–H and O–H groups in total. The van der Waals surface area contributed by atoms with Gasteiger partial charge in [0.2, 0.25) is 0 Å². The SMILES string of the molecule is C=C1C(O)CC(COC(C)=O)C2(COC(=O)c3ccccc3)C(OC(C)=O)C(OC(C)=O)C3(O)C4(C)OCC3(C)C(CC4=O)C(OC(C)=O)C12. The summed E-state index contributed by atoms with van der Waals surface area (Å²) in [6, 6.07) is 7.96. The van der Waals surface area contributed by atoms with E-state index in [1.807, 2.05) is 0 Å². The molecule has 4 bridgehead atoms. The second-order valence-corrected chi connectivity index (χ2v) is 14.2. The van der Waals surface area contributed by atoms with Crippen LogP contribution in [0.5, 0.6) is 0 Å². The largest absolute Gasteiger partial charge is 0.466 e. The van der Waals surface area contributed by atoms with Crippen molar-refractivity contribution in [2.75, 3.05) is 19.8 Å². The molecule has 4 fully saturated rings. The molecule has 3 aliphatic carbocycles. The van der Waals surface area contributed by atoms with Crippen LogP contribution in [0.3, 0.4) is 0 Å². The molecular formula is C36H44O14. The fourth-order valence-corrected chi connectivity index (χ4v) is 9.14. The van der Waals surface area contributed by atoms with E-state index in [-0.39, 0.29) is 30.6 Å². The third kappa shape index (κ3) is 5.61. The number of benzene rings is 1. The normalized spacial score (nSPS) is 38.8. The zero-order chi connectivity index (χ0) is 37.0. The van der Waals surface area contributed by atoms with Gasteiger partial charge in [0.05, 0.1) is 30.3 Å². The molecule has 4 aliphatic rings. The third-order valence-electron chi connectivity index (χ3n) is 11.5. The molecular weight excluding hydrogens is 656 g/mol. The zero-order valence-corrected chi connectivity index (χ0v) is 29.0. The van der Waals surface area contributed by atoms with E-state index in [1.165, 1.54) is 19.1 Å². The average molecular weight is 701 g/mol. The lowest BCUT2D eigenvalue weighted by Crippen LogP contribution is -2.80. The van der Waals surface area contributed by atoms with Crippen molar-refractivity contribution in [3.05, 3.63) is 48.0 Å². The minimum Gasteiger partial charge on any atom is -0.466 e. The number of ketones is 1. The highest BCUT2D eigenvalue weighted by Crippen LogP contribution is 2.68. The summed E-state index contributed by atoms with van der Waals surface area (Å²) in [6.45, 7) is 10.2. The van der Waals surface area contributed by atoms with E-state index in [4.69, 9.17) is 28.4 Å². The standard InChI is InChI=1S/C36H44O14/c1-18-26(41)13-24(15-45-19(2)37)35(17-46-32(43)23-11-9-8-10-12-23)28(18)29(48-20(3)38)25-14-27(42)34(7)36(44,33(25,6)16-47-34)31(50-22(5)40)30(35)49-21(4)39/h8-12,24-26,28-31,41,44H,1,13-17H2,2-7H3. The van der Waals surface area contributed by atoms with E-state index in [2.05, 4.69) is 6.58 Å². The molecule has 1 saturated heterocycles. The van der Waals surface area contributed by atoms with E-state index in [1.54, 1.807) is 25.1 Å². The second kappa shape index (κ2) is 13.2. The van der Waals surface area contributed by atoms with E-state index >= 15 is 0 Å². The molecule has 50 heavy (non-hydrogen) atoms. The maximum atomic E-state index is 14.1. The molecule has 5 rings (SSSR count). The van der Waals surface area contributed by atoms with Crippen molar-refractivity contribution in [2.24, 2.45) is 28.6 Å². The number of rotatable bonds is 8. The van der Waals surface area contributed by atoms with Gasteiger partial charge in [-0.15, -0.1) is 0 Å². The number of hydrogen-bond acceptors (Lipinski definition) is 14. The first-order chi connectivity index (χ1) is 23.3. The van der Waals surface area contributed by atoms with Gasteiger partial charge in [-0.05, 0) is 31.1 Å². The Bertz CT molecular complexity index is 1590. The van der Waals surface area contributed by atoms with Crippen LogP contribution in [-0.2, 0) is 52.4 Å². The summed E-state index contributed by atoms with van der Waals surface area (Å²) in [4.78, 5) is 79.2. The highest BCUT2D eigenvalue weighted by Gasteiger charge is 2.83. The molecule has 11 atom stereocenters. The first kappa shape index (κ1) is 37.1. The molecule has 1 aromatic carbocycles. The van der Waals surface area contributed by atoms with Gasteiger partial charge in [0, 0.05) is 57.3 Å². The van der Waals surface area contributed by atoms with Crippen molar-refractivity contribution < 1.29 is 67.4 Å². The van der Waals surface area contributed by atoms with Crippen LogP contribution in [0.25, 0.3) is 0 Å². The Balaban J connectivity index is 1.90. The number of carbonyl (C=O) groups is 6. The average Bonchev–Trinajstić information content (AvgIpc) is 3.19. The Hall–Kier alpha value is -4.14. The van der Waals surface area contributed by atoms with Crippen LogP contribution in [0.4, 0.5) is 0 Å². The molecule has 0 aromatic heterocycles. The maximum Gasteiger partial charge on any atom is 0.338 e. The second-order valence-electron chi connectivity index (χ2n) is 14.2. The van der Waals surface area contributed by atoms with E-state index in [0.29, 0.717) is 0 Å². The predicted molar refractivity (Wildman–Crippen MR) is 170 cm³/mol. The molecule has 0 radical (unpaired) electrons. The highest BCUT2D eigenvalue weighted by atomic mass is 16.6. The summed E-state index contributed by atoms with van der Waals surface area (Å²) >= 11 is 0. The maximum absolute atomic E-state index is 14.1. The van der Waals surface area contributed by atoms with Gasteiger partial charge in [-0.1, -0.05) is 31.7 Å². The lowest BCUT2D eigenvalue weighted by molar-refractivity contribution is -0.298. The molecule has 272 valence electrons. The lowest BCUT2D eigenvalue weighted by Gasteiger charge is -2.65. The molecule has 14 nitrogen and oxygen atoms in total. The lowest BCUT2D eigenvalue weighted by atomic mass is 9.42. The molecule has 1 heterocycles. The number of ether oxygens (including phenoxy) is 6. The van der Waals surface area contributed by atoms with Crippen LogP contribution in [0.15, 0.2) is 42.5 Å². The van der Waals surface area contributed by atoms with Crippen molar-refractivity contribution in [3.63, 3.8) is 0 Å². The van der Waals surface area contributed by atoms with Gasteiger partial charge >= 0.3 is 29.8 Å². The number of Topliss-reactive ketones (excluding diaryl/α,β-unsaturated/α-hetero) is 1. The molecule has 1 aromatic rings. The van der Waals surface area contributed by atoms with Gasteiger partial charge in [-0.3, -0.25) is 24.0 Å². The van der Waals surface area contributed by atoms with Crippen LogP contribution >= 0.6 is 0 Å². The fourth-order valence-electron chi connectivity index (χ4n) is 9.14. The smallest absolute Gasteiger partial charge is 0.338 e. The fraction of sp³-hybridized carbons (Fsp3) is 0.611. The van der Waals surface area contributed by atoms with Crippen molar-refractivity contribution >= 4 is 35.6 Å². The van der Waals surface area contributed by atoms with Gasteiger partial charge < -0.3 is 38.6 Å². The molecule has 11 unspecified atom stereocenters. The summed E-state index contributed by atoms with van der Waals surface area (Å²) in [5, 5.41) is 24.8. The van der Waals surface area contributed by atoms with E-state index < -0.39 is 113 Å². The number of carbonyl (C=O) groups excluding carboxylic acids is 6. The first-order valence-corrected chi connectivity index (χ1v) is 16.5. The Morgan fingerprint density at radius 2 is 1.50 bits per heavy atom. The number of hydrogen-bond donors (Lipinski definition) is 2. The molecule has 3 saturated carbocycles. The highest BCUT2D eigenvalue weighted by molar-refractivity contribution is 5.91. The van der Waals surface area contributed by atoms with Crippen LogP contribution in [0.2, 0.25) is 0 Å². The third-order valence-corrected chi connectivity index (χ3v) is 11.5. The summed E-state index contributed by atoms with van der Waals surface area (Å²) in [5.74, 6) is -8.20. The molecule has 14 heteroatoms. The minimum atomic E-state index is -2.45. The number of aliphatic hydroxyl groups excluding tert-OH is 1. The summed E-state index contributed by atoms with van der Waals surface area (Å²) in [6.07, 6.45) is -6.89. The van der Waals surface area contributed by atoms with Crippen molar-refractivity contribution in [3.8, 4) is 0 Å². The quantitative estimate of drug-likeness (QED) is 0.226. The monoisotopic (exact) mass is 700 g/mol. The summed E-state index contributed by atoms with van der Waals surface area (Å²) in [7, 11) is 0. The van der Waals surface area contributed by atoms with Crippen LogP contribution in [-0.4, -0.2) is 101 Å². The van der Waals surface area contributed by atoms with Crippen LogP contribution in [0, 0.1) is 28.6 Å². The van der Waals surface area contributed by atoms with Gasteiger partial charge in [-0.2, -0.15) is 0 Å². The van der Waals surface area contributed by atoms with Gasteiger partial charge in [0.25, 0.3) is 0 Å². The van der Waals surface area contributed by atoms with Crippen molar-refractivity contribution in [1.82, 2.24) is 0 Å². The summed E-state index contributed by atoms with van der Waals surface area (Å²) < 4.78 is 35.8. The summed E-state index contributed by atoms with van der Waals surface area (Å²) in [5.41, 5.74) is -7.67. The first-order valence-electron chi connectivity index (χ1n) is 16.5. The Kier molecular flexibility index (Phi) is 9.80. The van der Waals surface area contributed by atoms with Crippen molar-refractivity contribution in [2.45, 2.75) is 90.0 Å². The number of fused-ring (bicyclic) bond motifs is 1. The predicted octanol–water partition coefficient (Wildman–Crippen LogP) is 1.87. The number of aliphatic hydroxyl groups is 2. The Morgan fingerprint density at radius 1 is 0.900 bits per heavy atom.